The Balaban J connectivity index is 3.28. The Morgan fingerprint density at radius 3 is 2.68 bits per heavy atom. The Morgan fingerprint density at radius 1 is 1.47 bits per heavy atom. The van der Waals surface area contributed by atoms with Gasteiger partial charge in [0, 0.05) is 20.2 Å². The smallest absolute Gasteiger partial charge is 0.243 e. The highest BCUT2D eigenvalue weighted by Gasteiger charge is 2.23. The summed E-state index contributed by atoms with van der Waals surface area (Å²) in [6.07, 6.45) is 1.78. The van der Waals surface area contributed by atoms with Crippen LogP contribution in [0.4, 0.5) is 0 Å². The molecule has 1 N–H and O–H groups in total. The van der Waals surface area contributed by atoms with Gasteiger partial charge in [-0.15, -0.1) is 6.58 Å². The number of hydrogen-bond donors (Lipinski definition) is 1. The third kappa shape index (κ3) is 3.56. The second-order valence-corrected chi connectivity index (χ2v) is 6.03. The van der Waals surface area contributed by atoms with Gasteiger partial charge in [-0.3, -0.25) is 0 Å². The van der Waals surface area contributed by atoms with E-state index in [2.05, 4.69) is 6.58 Å². The number of hydrogen-bond acceptors (Lipinski definition) is 4. The van der Waals surface area contributed by atoms with Crippen LogP contribution in [-0.2, 0) is 16.4 Å². The lowest BCUT2D eigenvalue weighted by atomic mass is 10.1. The van der Waals surface area contributed by atoms with Crippen molar-refractivity contribution in [1.82, 2.24) is 4.31 Å². The average molecular weight is 285 g/mol. The van der Waals surface area contributed by atoms with Gasteiger partial charge >= 0.3 is 0 Å². The Kier molecular flexibility index (Phi) is 5.53. The van der Waals surface area contributed by atoms with Gasteiger partial charge in [0.05, 0.1) is 12.0 Å². The molecule has 19 heavy (non-hydrogen) atoms. The van der Waals surface area contributed by atoms with Crippen molar-refractivity contribution in [1.29, 1.82) is 0 Å². The van der Waals surface area contributed by atoms with Crippen molar-refractivity contribution in [2.24, 2.45) is 0 Å². The summed E-state index contributed by atoms with van der Waals surface area (Å²) in [5.41, 5.74) is 0.540. The number of aliphatic hydroxyl groups excluding tert-OH is 1. The minimum atomic E-state index is -3.58. The highest BCUT2D eigenvalue weighted by molar-refractivity contribution is 7.89. The van der Waals surface area contributed by atoms with Gasteiger partial charge in [0.1, 0.15) is 5.75 Å². The second kappa shape index (κ2) is 6.70. The number of benzene rings is 1. The van der Waals surface area contributed by atoms with Crippen LogP contribution in [0.2, 0.25) is 0 Å². The fourth-order valence-corrected chi connectivity index (χ4v) is 3.07. The molecule has 0 aliphatic heterocycles. The lowest BCUT2D eigenvalue weighted by Crippen LogP contribution is -2.28. The molecule has 1 aromatic rings. The Hall–Kier alpha value is -1.37. The quantitative estimate of drug-likeness (QED) is 0.760. The molecule has 0 unspecified atom stereocenters. The predicted octanol–water partition coefficient (Wildman–Crippen LogP) is 1.04. The summed E-state index contributed by atoms with van der Waals surface area (Å²) in [5.74, 6) is 0.564. The maximum Gasteiger partial charge on any atom is 0.243 e. The largest absolute Gasteiger partial charge is 0.497 e. The Morgan fingerprint density at radius 2 is 2.16 bits per heavy atom. The van der Waals surface area contributed by atoms with Crippen LogP contribution in [-0.4, -0.2) is 45.1 Å². The zero-order valence-electron chi connectivity index (χ0n) is 11.2. The van der Waals surface area contributed by atoms with Crippen LogP contribution in [0.3, 0.4) is 0 Å². The molecule has 0 aliphatic carbocycles. The minimum absolute atomic E-state index is 0.124. The molecule has 5 nitrogen and oxygen atoms in total. The fourth-order valence-electron chi connectivity index (χ4n) is 1.70. The van der Waals surface area contributed by atoms with Crippen LogP contribution in [0.25, 0.3) is 0 Å². The monoisotopic (exact) mass is 285 g/mol. The zero-order chi connectivity index (χ0) is 14.5. The summed E-state index contributed by atoms with van der Waals surface area (Å²) in [6.45, 7) is 3.63. The van der Waals surface area contributed by atoms with Gasteiger partial charge in [-0.1, -0.05) is 6.08 Å². The SMILES string of the molecule is C=CCN(C)S(=O)(=O)c1ccc(OC)cc1CCO. The van der Waals surface area contributed by atoms with Crippen LogP contribution < -0.4 is 4.74 Å². The number of ether oxygens (including phenoxy) is 1. The fraction of sp³-hybridized carbons (Fsp3) is 0.385. The molecule has 0 saturated carbocycles. The summed E-state index contributed by atoms with van der Waals surface area (Å²) >= 11 is 0. The molecule has 1 aromatic carbocycles. The van der Waals surface area contributed by atoms with Gasteiger partial charge in [0.25, 0.3) is 0 Å². The molecular weight excluding hydrogens is 266 g/mol. The molecule has 106 valence electrons. The zero-order valence-corrected chi connectivity index (χ0v) is 12.0. The maximum absolute atomic E-state index is 12.4. The van der Waals surface area contributed by atoms with E-state index in [1.807, 2.05) is 0 Å². The Labute approximate surface area is 114 Å². The molecule has 0 saturated heterocycles. The standard InChI is InChI=1S/C13H19NO4S/c1-4-8-14(2)19(16,17)13-6-5-12(18-3)10-11(13)7-9-15/h4-6,10,15H,1,7-9H2,2-3H3. The number of rotatable bonds is 7. The van der Waals surface area contributed by atoms with Gasteiger partial charge in [-0.05, 0) is 30.2 Å². The first kappa shape index (κ1) is 15.7. The highest BCUT2D eigenvalue weighted by atomic mass is 32.2. The molecule has 0 heterocycles. The summed E-state index contributed by atoms with van der Waals surface area (Å²) in [6, 6.07) is 4.72. The first-order chi connectivity index (χ1) is 8.97. The van der Waals surface area contributed by atoms with Crippen molar-refractivity contribution >= 4 is 10.0 Å². The lowest BCUT2D eigenvalue weighted by Gasteiger charge is -2.18. The van der Waals surface area contributed by atoms with Crippen molar-refractivity contribution in [3.8, 4) is 5.75 Å². The van der Waals surface area contributed by atoms with Crippen LogP contribution >= 0.6 is 0 Å². The van der Waals surface area contributed by atoms with E-state index >= 15 is 0 Å². The summed E-state index contributed by atoms with van der Waals surface area (Å²) < 4.78 is 31.0. The van der Waals surface area contributed by atoms with Gasteiger partial charge in [0.15, 0.2) is 0 Å². The Bertz CT molecular complexity index is 540. The van der Waals surface area contributed by atoms with Gasteiger partial charge < -0.3 is 9.84 Å². The maximum atomic E-state index is 12.4. The third-order valence-electron chi connectivity index (χ3n) is 2.72. The molecule has 0 aromatic heterocycles. The van der Waals surface area contributed by atoms with E-state index in [0.29, 0.717) is 11.3 Å². The van der Waals surface area contributed by atoms with Crippen molar-refractivity contribution in [3.63, 3.8) is 0 Å². The van der Waals surface area contributed by atoms with E-state index in [-0.39, 0.29) is 24.5 Å². The second-order valence-electron chi connectivity index (χ2n) is 4.02. The average Bonchev–Trinajstić information content (AvgIpc) is 2.39. The first-order valence-electron chi connectivity index (χ1n) is 5.82. The molecule has 6 heteroatoms. The molecule has 0 bridgehead atoms. The van der Waals surface area contributed by atoms with Gasteiger partial charge in [0.2, 0.25) is 10.0 Å². The molecule has 1 rings (SSSR count). The molecule has 0 atom stereocenters. The summed E-state index contributed by atoms with van der Waals surface area (Å²) in [4.78, 5) is 0.187. The van der Waals surface area contributed by atoms with Crippen LogP contribution in [0.1, 0.15) is 5.56 Å². The first-order valence-corrected chi connectivity index (χ1v) is 7.26. The summed E-state index contributed by atoms with van der Waals surface area (Å²) in [5, 5.41) is 9.05. The molecule has 0 fully saturated rings. The van der Waals surface area contributed by atoms with Crippen molar-refractivity contribution < 1.29 is 18.3 Å². The normalized spacial score (nSPS) is 11.6. The third-order valence-corrected chi connectivity index (χ3v) is 4.65. The lowest BCUT2D eigenvalue weighted by molar-refractivity contribution is 0.298. The van der Waals surface area contributed by atoms with Crippen molar-refractivity contribution in [3.05, 3.63) is 36.4 Å². The van der Waals surface area contributed by atoms with Crippen molar-refractivity contribution in [2.45, 2.75) is 11.3 Å². The van der Waals surface area contributed by atoms with Crippen molar-refractivity contribution in [2.75, 3.05) is 27.3 Å². The van der Waals surface area contributed by atoms with Crippen LogP contribution in [0.5, 0.6) is 5.75 Å². The van der Waals surface area contributed by atoms with Gasteiger partial charge in [-0.2, -0.15) is 4.31 Å². The topological polar surface area (TPSA) is 66.8 Å². The van der Waals surface area contributed by atoms with E-state index in [0.717, 1.165) is 0 Å². The van der Waals surface area contributed by atoms with E-state index in [9.17, 15) is 8.42 Å². The molecule has 0 spiro atoms. The van der Waals surface area contributed by atoms with Crippen LogP contribution in [0, 0.1) is 0 Å². The molecule has 0 amide bonds. The number of sulfonamides is 1. The van der Waals surface area contributed by atoms with E-state index in [4.69, 9.17) is 9.84 Å². The van der Waals surface area contributed by atoms with Crippen LogP contribution in [0.15, 0.2) is 35.7 Å². The molecular formula is C13H19NO4S. The van der Waals surface area contributed by atoms with E-state index < -0.39 is 10.0 Å². The highest BCUT2D eigenvalue weighted by Crippen LogP contribution is 2.24. The number of nitrogens with zero attached hydrogens (tertiary/aromatic N) is 1. The predicted molar refractivity (Wildman–Crippen MR) is 73.8 cm³/mol. The van der Waals surface area contributed by atoms with E-state index in [1.54, 1.807) is 12.1 Å². The molecule has 0 aliphatic rings. The molecule has 0 radical (unpaired) electrons. The summed E-state index contributed by atoms with van der Waals surface area (Å²) in [7, 11) is -0.584. The minimum Gasteiger partial charge on any atom is -0.497 e. The van der Waals surface area contributed by atoms with Gasteiger partial charge in [-0.25, -0.2) is 8.42 Å². The number of likely N-dealkylation sites (N-methyl/N-ethyl adjacent to an activating group) is 1. The number of methoxy groups -OCH3 is 1. The number of aliphatic hydroxyl groups is 1. The van der Waals surface area contributed by atoms with E-state index in [1.165, 1.54) is 30.6 Å².